The minimum absolute atomic E-state index is 0.103. The van der Waals surface area contributed by atoms with Gasteiger partial charge in [0.25, 0.3) is 0 Å². The first-order chi connectivity index (χ1) is 31.5. The van der Waals surface area contributed by atoms with Crippen LogP contribution in [-0.2, 0) is 16.2 Å². The Hall–Kier alpha value is -7.02. The number of allylic oxidation sites excluding steroid dienone is 4. The van der Waals surface area contributed by atoms with Gasteiger partial charge >= 0.3 is 0 Å². The van der Waals surface area contributed by atoms with Crippen LogP contribution in [0.4, 0.5) is 0 Å². The molecule has 0 radical (unpaired) electrons. The van der Waals surface area contributed by atoms with Crippen molar-refractivity contribution in [2.75, 3.05) is 0 Å². The summed E-state index contributed by atoms with van der Waals surface area (Å²) in [5.41, 5.74) is 24.1. The van der Waals surface area contributed by atoms with Crippen LogP contribution in [0.15, 0.2) is 194 Å². The lowest BCUT2D eigenvalue weighted by molar-refractivity contribution is 0.656. The third-order valence-electron chi connectivity index (χ3n) is 16.3. The van der Waals surface area contributed by atoms with Gasteiger partial charge in [-0.1, -0.05) is 211 Å². The van der Waals surface area contributed by atoms with Crippen LogP contribution in [0, 0.1) is 0 Å². The van der Waals surface area contributed by atoms with E-state index in [1.807, 2.05) is 0 Å². The first-order valence-corrected chi connectivity index (χ1v) is 23.6. The van der Waals surface area contributed by atoms with E-state index in [4.69, 9.17) is 0 Å². The molecule has 0 spiro atoms. The van der Waals surface area contributed by atoms with E-state index in [2.05, 4.69) is 236 Å². The molecule has 0 amide bonds. The molecular formula is C65H52. The summed E-state index contributed by atoms with van der Waals surface area (Å²) in [6.07, 6.45) is 9.23. The number of benzene rings is 9. The molecule has 0 heteroatoms. The van der Waals surface area contributed by atoms with Crippen molar-refractivity contribution in [3.05, 3.63) is 239 Å². The van der Waals surface area contributed by atoms with Crippen molar-refractivity contribution in [3.8, 4) is 55.6 Å². The zero-order valence-corrected chi connectivity index (χ0v) is 38.1. The Morgan fingerprint density at radius 2 is 0.708 bits per heavy atom. The molecule has 9 aromatic rings. The van der Waals surface area contributed by atoms with Crippen molar-refractivity contribution < 1.29 is 0 Å². The molecule has 0 heterocycles. The molecule has 0 nitrogen and oxygen atoms in total. The Kier molecular flexibility index (Phi) is 7.99. The Morgan fingerprint density at radius 3 is 1.29 bits per heavy atom. The molecule has 4 aliphatic rings. The molecule has 0 saturated heterocycles. The fourth-order valence-electron chi connectivity index (χ4n) is 12.9. The molecule has 0 aromatic heterocycles. The lowest BCUT2D eigenvalue weighted by atomic mass is 9.76. The lowest BCUT2D eigenvalue weighted by Crippen LogP contribution is -2.16. The second-order valence-corrected chi connectivity index (χ2v) is 20.8. The minimum Gasteiger partial charge on any atom is -0.0761 e. The van der Waals surface area contributed by atoms with Crippen LogP contribution < -0.4 is 0 Å². The molecule has 0 N–H and O–H groups in total. The quantitative estimate of drug-likeness (QED) is 0.155. The molecule has 13 rings (SSSR count). The fraction of sp³-hybridized carbons (Fsp3) is 0.169. The molecule has 0 bridgehead atoms. The van der Waals surface area contributed by atoms with Crippen molar-refractivity contribution in [3.63, 3.8) is 0 Å². The van der Waals surface area contributed by atoms with Gasteiger partial charge in [-0.05, 0) is 146 Å². The third kappa shape index (κ3) is 5.32. The first kappa shape index (κ1) is 38.4. The first-order valence-electron chi connectivity index (χ1n) is 23.6. The van der Waals surface area contributed by atoms with Gasteiger partial charge in [0.1, 0.15) is 0 Å². The predicted octanol–water partition coefficient (Wildman–Crippen LogP) is 17.2. The summed E-state index contributed by atoms with van der Waals surface area (Å²) in [7, 11) is 0. The molecule has 2 unspecified atom stereocenters. The van der Waals surface area contributed by atoms with E-state index in [0.29, 0.717) is 5.92 Å². The number of fused-ring (bicyclic) bond motifs is 11. The van der Waals surface area contributed by atoms with Crippen LogP contribution in [0.3, 0.4) is 0 Å². The van der Waals surface area contributed by atoms with Crippen molar-refractivity contribution in [1.29, 1.82) is 0 Å². The number of hydrogen-bond donors (Lipinski definition) is 0. The molecule has 2 atom stereocenters. The van der Waals surface area contributed by atoms with Crippen LogP contribution >= 0.6 is 0 Å². The maximum Gasteiger partial charge on any atom is 0.0159 e. The predicted molar refractivity (Wildman–Crippen MR) is 275 cm³/mol. The lowest BCUT2D eigenvalue weighted by Gasteiger charge is -2.28. The third-order valence-corrected chi connectivity index (χ3v) is 16.3. The van der Waals surface area contributed by atoms with E-state index >= 15 is 0 Å². The molecule has 0 saturated carbocycles. The molecule has 0 fully saturated rings. The van der Waals surface area contributed by atoms with Crippen LogP contribution in [0.1, 0.15) is 97.9 Å². The van der Waals surface area contributed by atoms with Crippen molar-refractivity contribution in [2.24, 2.45) is 0 Å². The maximum absolute atomic E-state index is 2.60. The van der Waals surface area contributed by atoms with Crippen molar-refractivity contribution in [1.82, 2.24) is 0 Å². The van der Waals surface area contributed by atoms with E-state index in [-0.39, 0.29) is 22.2 Å². The molecule has 65 heavy (non-hydrogen) atoms. The second-order valence-electron chi connectivity index (χ2n) is 20.8. The van der Waals surface area contributed by atoms with E-state index in [1.165, 1.54) is 122 Å². The van der Waals surface area contributed by atoms with Gasteiger partial charge in [-0.3, -0.25) is 0 Å². The Bertz CT molecular complexity index is 3570. The summed E-state index contributed by atoms with van der Waals surface area (Å²) in [5, 5.41) is 5.22. The number of rotatable bonds is 4. The Morgan fingerprint density at radius 1 is 0.292 bits per heavy atom. The highest BCUT2D eigenvalue weighted by Crippen LogP contribution is 2.57. The molecular weight excluding hydrogens is 781 g/mol. The summed E-state index contributed by atoms with van der Waals surface area (Å²) in [4.78, 5) is 0. The van der Waals surface area contributed by atoms with Gasteiger partial charge in [0.15, 0.2) is 0 Å². The van der Waals surface area contributed by atoms with Gasteiger partial charge in [0, 0.05) is 28.1 Å². The summed E-state index contributed by atoms with van der Waals surface area (Å²) in [6.45, 7) is 14.5. The normalized spacial score (nSPS) is 18.6. The van der Waals surface area contributed by atoms with Gasteiger partial charge < -0.3 is 0 Å². The summed E-state index contributed by atoms with van der Waals surface area (Å²) >= 11 is 0. The van der Waals surface area contributed by atoms with Gasteiger partial charge in [0.05, 0.1) is 0 Å². The molecule has 312 valence electrons. The van der Waals surface area contributed by atoms with E-state index < -0.39 is 0 Å². The Balaban J connectivity index is 1.07. The minimum atomic E-state index is -0.209. The largest absolute Gasteiger partial charge is 0.0761 e. The van der Waals surface area contributed by atoms with Crippen molar-refractivity contribution >= 4 is 21.5 Å². The fourth-order valence-corrected chi connectivity index (χ4v) is 12.9. The average molecular weight is 833 g/mol. The zero-order valence-electron chi connectivity index (χ0n) is 38.1. The average Bonchev–Trinajstić information content (AvgIpc) is 3.81. The highest BCUT2D eigenvalue weighted by atomic mass is 14.4. The smallest absolute Gasteiger partial charge is 0.0159 e. The van der Waals surface area contributed by atoms with Crippen LogP contribution in [0.25, 0.3) is 77.2 Å². The Labute approximate surface area is 383 Å². The van der Waals surface area contributed by atoms with Crippen molar-refractivity contribution in [2.45, 2.75) is 69.6 Å². The standard InChI is InChI=1S/C65H52/c1-63(2)55-26-16-14-22-45(55)47-32-29-41(35-58(47)63)61-50-24-12-13-25-51(50)62(42-30-33-48-46-23-15-17-27-56(46)64(3,4)59(48)36-42)54-38-60-52(37-53(54)61)49-31-28-40(34-57(49)65(60,5)6)44-21-11-10-20-43(44)39-18-8-7-9-19-39/h7-38,43-44H,1-6H3. The zero-order chi connectivity index (χ0) is 44.0. The van der Waals surface area contributed by atoms with Gasteiger partial charge in [-0.25, -0.2) is 0 Å². The molecule has 4 aliphatic carbocycles. The van der Waals surface area contributed by atoms with Gasteiger partial charge in [0.2, 0.25) is 0 Å². The number of hydrogen-bond acceptors (Lipinski definition) is 0. The molecule has 0 aliphatic heterocycles. The SMILES string of the molecule is CC1(C)c2ccccc2-c2ccc(-c3c4ccccc4c(-c4ccc5c(c4)C(C)(C)c4ccccc4-5)c4cc5c(cc34)-c3ccc(C4C=CC=CC4c4ccccc4)cc3C5(C)C)cc21. The maximum atomic E-state index is 2.60. The van der Waals surface area contributed by atoms with E-state index in [1.54, 1.807) is 0 Å². The van der Waals surface area contributed by atoms with E-state index in [9.17, 15) is 0 Å². The highest BCUT2D eigenvalue weighted by molar-refractivity contribution is 6.22. The monoisotopic (exact) mass is 832 g/mol. The van der Waals surface area contributed by atoms with E-state index in [0.717, 1.165) is 0 Å². The summed E-state index contributed by atoms with van der Waals surface area (Å²) in [5.74, 6) is 0.557. The van der Waals surface area contributed by atoms with Crippen LogP contribution in [0.5, 0.6) is 0 Å². The summed E-state index contributed by atoms with van der Waals surface area (Å²) in [6, 6.07) is 65.5. The molecule has 9 aromatic carbocycles. The van der Waals surface area contributed by atoms with Gasteiger partial charge in [-0.2, -0.15) is 0 Å². The summed E-state index contributed by atoms with van der Waals surface area (Å²) < 4.78 is 0. The second kappa shape index (κ2) is 13.5. The van der Waals surface area contributed by atoms with Crippen LogP contribution in [-0.4, -0.2) is 0 Å². The topological polar surface area (TPSA) is 0 Å². The van der Waals surface area contributed by atoms with Crippen LogP contribution in [0.2, 0.25) is 0 Å². The highest BCUT2D eigenvalue weighted by Gasteiger charge is 2.40. The van der Waals surface area contributed by atoms with Gasteiger partial charge in [-0.15, -0.1) is 0 Å².